The number of rotatable bonds is 2. The standard InChI is InChI=1S/C15H15N3O/c1-11-8-14-9-16-12(2)18(14)15(19)17(11)10-13-6-4-3-5-7-13/h3-9H,10H2,1-2H3. The lowest BCUT2D eigenvalue weighted by molar-refractivity contribution is 0.684. The molecule has 0 aliphatic heterocycles. The van der Waals surface area contributed by atoms with Gasteiger partial charge in [-0.2, -0.15) is 0 Å². The van der Waals surface area contributed by atoms with Crippen LogP contribution in [0.1, 0.15) is 17.1 Å². The van der Waals surface area contributed by atoms with E-state index < -0.39 is 0 Å². The second-order valence-corrected chi connectivity index (χ2v) is 4.71. The molecule has 0 N–H and O–H groups in total. The van der Waals surface area contributed by atoms with E-state index in [4.69, 9.17) is 0 Å². The summed E-state index contributed by atoms with van der Waals surface area (Å²) in [7, 11) is 0. The summed E-state index contributed by atoms with van der Waals surface area (Å²) in [5.74, 6) is 0.724. The van der Waals surface area contributed by atoms with Crippen LogP contribution in [0.15, 0.2) is 47.4 Å². The highest BCUT2D eigenvalue weighted by Gasteiger charge is 2.09. The van der Waals surface area contributed by atoms with Gasteiger partial charge in [-0.1, -0.05) is 30.3 Å². The summed E-state index contributed by atoms with van der Waals surface area (Å²) in [5.41, 5.74) is 2.88. The molecule has 4 nitrogen and oxygen atoms in total. The largest absolute Gasteiger partial charge is 0.334 e. The lowest BCUT2D eigenvalue weighted by atomic mass is 10.2. The molecule has 0 fully saturated rings. The predicted molar refractivity (Wildman–Crippen MR) is 74.5 cm³/mol. The number of aromatic nitrogens is 3. The summed E-state index contributed by atoms with van der Waals surface area (Å²) in [6.45, 7) is 4.38. The second kappa shape index (κ2) is 4.39. The highest BCUT2D eigenvalue weighted by Crippen LogP contribution is 2.08. The zero-order valence-corrected chi connectivity index (χ0v) is 11.0. The van der Waals surface area contributed by atoms with Gasteiger partial charge in [0.05, 0.1) is 18.3 Å². The molecule has 3 aromatic rings. The number of nitrogens with zero attached hydrogens (tertiary/aromatic N) is 3. The van der Waals surface area contributed by atoms with Crippen LogP contribution in [0, 0.1) is 13.8 Å². The molecule has 0 amide bonds. The average molecular weight is 253 g/mol. The molecule has 0 aliphatic rings. The van der Waals surface area contributed by atoms with Gasteiger partial charge in [0.25, 0.3) is 0 Å². The maximum atomic E-state index is 12.5. The maximum absolute atomic E-state index is 12.5. The van der Waals surface area contributed by atoms with Gasteiger partial charge in [0.15, 0.2) is 0 Å². The van der Waals surface area contributed by atoms with Crippen LogP contribution in [-0.2, 0) is 6.54 Å². The highest BCUT2D eigenvalue weighted by molar-refractivity contribution is 5.46. The Bertz CT molecular complexity index is 784. The quantitative estimate of drug-likeness (QED) is 0.702. The molecule has 0 bridgehead atoms. The van der Waals surface area contributed by atoms with Gasteiger partial charge in [-0.05, 0) is 25.5 Å². The minimum atomic E-state index is -0.0335. The van der Waals surface area contributed by atoms with Crippen molar-refractivity contribution in [2.45, 2.75) is 20.4 Å². The molecule has 2 aromatic heterocycles. The molecule has 0 saturated heterocycles. The number of imidazole rings is 1. The third kappa shape index (κ3) is 1.95. The Morgan fingerprint density at radius 2 is 1.89 bits per heavy atom. The van der Waals surface area contributed by atoms with Crippen LogP contribution in [0.3, 0.4) is 0 Å². The van der Waals surface area contributed by atoms with Crippen LogP contribution in [0.2, 0.25) is 0 Å². The Morgan fingerprint density at radius 3 is 2.63 bits per heavy atom. The van der Waals surface area contributed by atoms with Gasteiger partial charge >= 0.3 is 5.69 Å². The third-order valence-electron chi connectivity index (χ3n) is 3.35. The first-order chi connectivity index (χ1) is 9.16. The van der Waals surface area contributed by atoms with Gasteiger partial charge in [0, 0.05) is 5.69 Å². The number of benzene rings is 1. The fraction of sp³-hybridized carbons (Fsp3) is 0.200. The molecule has 96 valence electrons. The number of hydrogen-bond acceptors (Lipinski definition) is 2. The van der Waals surface area contributed by atoms with E-state index in [0.29, 0.717) is 6.54 Å². The Hall–Kier alpha value is -2.36. The van der Waals surface area contributed by atoms with E-state index in [0.717, 1.165) is 22.6 Å². The third-order valence-corrected chi connectivity index (χ3v) is 3.35. The fourth-order valence-corrected chi connectivity index (χ4v) is 2.33. The van der Waals surface area contributed by atoms with E-state index in [1.54, 1.807) is 15.2 Å². The number of aryl methyl sites for hydroxylation is 2. The average Bonchev–Trinajstić information content (AvgIpc) is 2.77. The van der Waals surface area contributed by atoms with Crippen molar-refractivity contribution in [1.29, 1.82) is 0 Å². The molecule has 0 saturated carbocycles. The van der Waals surface area contributed by atoms with Gasteiger partial charge in [0.2, 0.25) is 0 Å². The summed E-state index contributed by atoms with van der Waals surface area (Å²) in [5, 5.41) is 0. The first-order valence-electron chi connectivity index (χ1n) is 6.25. The summed E-state index contributed by atoms with van der Waals surface area (Å²) in [6.07, 6.45) is 1.73. The van der Waals surface area contributed by atoms with Gasteiger partial charge in [-0.25, -0.2) is 14.2 Å². The monoisotopic (exact) mass is 253 g/mol. The van der Waals surface area contributed by atoms with Crippen LogP contribution in [-0.4, -0.2) is 14.0 Å². The van der Waals surface area contributed by atoms with Crippen LogP contribution < -0.4 is 5.69 Å². The van der Waals surface area contributed by atoms with Crippen LogP contribution in [0.5, 0.6) is 0 Å². The van der Waals surface area contributed by atoms with Crippen molar-refractivity contribution in [2.24, 2.45) is 0 Å². The van der Waals surface area contributed by atoms with Crippen LogP contribution in [0.25, 0.3) is 5.52 Å². The lowest BCUT2D eigenvalue weighted by Gasteiger charge is -2.11. The Morgan fingerprint density at radius 1 is 1.16 bits per heavy atom. The molecule has 2 heterocycles. The first-order valence-corrected chi connectivity index (χ1v) is 6.25. The minimum Gasteiger partial charge on any atom is -0.293 e. The van der Waals surface area contributed by atoms with Crippen molar-refractivity contribution >= 4 is 5.52 Å². The zero-order chi connectivity index (χ0) is 13.4. The summed E-state index contributed by atoms with van der Waals surface area (Å²) in [4.78, 5) is 16.7. The Balaban J connectivity index is 2.18. The molecule has 4 heteroatoms. The van der Waals surface area contributed by atoms with Gasteiger partial charge in [-0.3, -0.25) is 4.57 Å². The van der Waals surface area contributed by atoms with Gasteiger partial charge in [0.1, 0.15) is 5.82 Å². The minimum absolute atomic E-state index is 0.0335. The number of fused-ring (bicyclic) bond motifs is 1. The highest BCUT2D eigenvalue weighted by atomic mass is 16.1. The van der Waals surface area contributed by atoms with E-state index in [9.17, 15) is 4.79 Å². The molecule has 0 aliphatic carbocycles. The van der Waals surface area contributed by atoms with E-state index >= 15 is 0 Å². The van der Waals surface area contributed by atoms with E-state index in [1.807, 2.05) is 50.2 Å². The second-order valence-electron chi connectivity index (χ2n) is 4.71. The van der Waals surface area contributed by atoms with Gasteiger partial charge < -0.3 is 0 Å². The van der Waals surface area contributed by atoms with Crippen molar-refractivity contribution in [1.82, 2.24) is 14.0 Å². The summed E-state index contributed by atoms with van der Waals surface area (Å²) in [6, 6.07) is 12.0. The summed E-state index contributed by atoms with van der Waals surface area (Å²) < 4.78 is 3.42. The predicted octanol–water partition coefficient (Wildman–Crippen LogP) is 2.16. The van der Waals surface area contributed by atoms with Gasteiger partial charge in [-0.15, -0.1) is 0 Å². The molecule has 3 rings (SSSR count). The SMILES string of the molecule is Cc1cc2cnc(C)n2c(=O)n1Cc1ccccc1. The lowest BCUT2D eigenvalue weighted by Crippen LogP contribution is -2.29. The maximum Gasteiger partial charge on any atom is 0.334 e. The van der Waals surface area contributed by atoms with Crippen molar-refractivity contribution in [2.75, 3.05) is 0 Å². The molecule has 0 atom stereocenters. The Labute approximate surface area is 111 Å². The molecule has 0 unspecified atom stereocenters. The van der Waals surface area contributed by atoms with Crippen LogP contribution in [0.4, 0.5) is 0 Å². The zero-order valence-electron chi connectivity index (χ0n) is 11.0. The van der Waals surface area contributed by atoms with E-state index in [-0.39, 0.29) is 5.69 Å². The first kappa shape index (κ1) is 11.7. The molecule has 0 spiro atoms. The van der Waals surface area contributed by atoms with Crippen molar-refractivity contribution in [3.05, 3.63) is 70.2 Å². The normalized spacial score (nSPS) is 11.1. The van der Waals surface area contributed by atoms with Crippen molar-refractivity contribution in [3.63, 3.8) is 0 Å². The fourth-order valence-electron chi connectivity index (χ4n) is 2.33. The smallest absolute Gasteiger partial charge is 0.293 e. The molecule has 19 heavy (non-hydrogen) atoms. The topological polar surface area (TPSA) is 39.3 Å². The molecule has 0 radical (unpaired) electrons. The number of hydrogen-bond donors (Lipinski definition) is 0. The molecule has 1 aromatic carbocycles. The summed E-state index contributed by atoms with van der Waals surface area (Å²) >= 11 is 0. The van der Waals surface area contributed by atoms with E-state index in [2.05, 4.69) is 4.98 Å². The van der Waals surface area contributed by atoms with E-state index in [1.165, 1.54) is 0 Å². The molecular weight excluding hydrogens is 238 g/mol. The molecular formula is C15H15N3O. The van der Waals surface area contributed by atoms with Crippen molar-refractivity contribution < 1.29 is 0 Å². The van der Waals surface area contributed by atoms with Crippen LogP contribution >= 0.6 is 0 Å². The Kier molecular flexibility index (Phi) is 2.71. The van der Waals surface area contributed by atoms with Crippen molar-refractivity contribution in [3.8, 4) is 0 Å².